The number of benzene rings is 2. The van der Waals surface area contributed by atoms with Crippen LogP contribution < -0.4 is 15.9 Å². The van der Waals surface area contributed by atoms with E-state index in [1.165, 1.54) is 30.0 Å². The number of rotatable bonds is 6. The molecule has 0 bridgehead atoms. The Hall–Kier alpha value is -4.20. The van der Waals surface area contributed by atoms with Crippen molar-refractivity contribution in [1.82, 2.24) is 9.78 Å². The van der Waals surface area contributed by atoms with Gasteiger partial charge < -0.3 is 13.9 Å². The van der Waals surface area contributed by atoms with Gasteiger partial charge in [0.1, 0.15) is 17.9 Å². The fourth-order valence-electron chi connectivity index (χ4n) is 3.10. The lowest BCUT2D eigenvalue weighted by Crippen LogP contribution is -2.25. The van der Waals surface area contributed by atoms with Crippen molar-refractivity contribution in [3.05, 3.63) is 104 Å². The van der Waals surface area contributed by atoms with E-state index in [9.17, 15) is 14.4 Å². The van der Waals surface area contributed by atoms with E-state index in [1.54, 1.807) is 18.2 Å². The standard InChI is InChI=1S/C23H18N2O6/c1-29-17-7-8-18-16(11-22(27)31-20(18)12-17)14-30-23(28)19-9-10-21(26)25(24-19)13-15-5-3-2-4-6-15/h2-12H,13-14H2,1H3. The van der Waals surface area contributed by atoms with Gasteiger partial charge in [-0.15, -0.1) is 0 Å². The minimum Gasteiger partial charge on any atom is -0.497 e. The van der Waals surface area contributed by atoms with Crippen LogP contribution in [-0.4, -0.2) is 22.9 Å². The van der Waals surface area contributed by atoms with Gasteiger partial charge in [-0.25, -0.2) is 14.3 Å². The average Bonchev–Trinajstić information content (AvgIpc) is 2.78. The molecular weight excluding hydrogens is 400 g/mol. The highest BCUT2D eigenvalue weighted by Gasteiger charge is 2.14. The maximum atomic E-state index is 12.5. The van der Waals surface area contributed by atoms with Crippen LogP contribution in [0.3, 0.4) is 0 Å². The van der Waals surface area contributed by atoms with E-state index in [2.05, 4.69) is 5.10 Å². The summed E-state index contributed by atoms with van der Waals surface area (Å²) in [5.74, 6) is -0.175. The van der Waals surface area contributed by atoms with Gasteiger partial charge in [-0.2, -0.15) is 5.10 Å². The summed E-state index contributed by atoms with van der Waals surface area (Å²) < 4.78 is 16.9. The van der Waals surface area contributed by atoms with Crippen molar-refractivity contribution in [3.63, 3.8) is 0 Å². The Kier molecular flexibility index (Phi) is 5.61. The maximum Gasteiger partial charge on any atom is 0.359 e. The number of carbonyl (C=O) groups excluding carboxylic acids is 1. The first-order valence-corrected chi connectivity index (χ1v) is 9.43. The second kappa shape index (κ2) is 8.66. The third-order valence-electron chi connectivity index (χ3n) is 4.65. The number of hydrogen-bond donors (Lipinski definition) is 0. The van der Waals surface area contributed by atoms with E-state index >= 15 is 0 Å². The zero-order valence-electron chi connectivity index (χ0n) is 16.6. The molecule has 4 aromatic rings. The Morgan fingerprint density at radius 1 is 1.03 bits per heavy atom. The highest BCUT2D eigenvalue weighted by Crippen LogP contribution is 2.23. The van der Waals surface area contributed by atoms with Gasteiger partial charge in [0.2, 0.25) is 0 Å². The summed E-state index contributed by atoms with van der Waals surface area (Å²) in [7, 11) is 1.51. The van der Waals surface area contributed by atoms with Gasteiger partial charge in [0.05, 0.1) is 13.7 Å². The van der Waals surface area contributed by atoms with Crippen LogP contribution in [0.4, 0.5) is 0 Å². The summed E-state index contributed by atoms with van der Waals surface area (Å²) in [6.45, 7) is 0.0692. The Bertz CT molecular complexity index is 1360. The van der Waals surface area contributed by atoms with Crippen molar-refractivity contribution >= 4 is 16.9 Å². The predicted molar refractivity (Wildman–Crippen MR) is 112 cm³/mol. The number of aromatic nitrogens is 2. The molecule has 0 N–H and O–H groups in total. The molecule has 0 saturated carbocycles. The first kappa shape index (κ1) is 20.1. The van der Waals surface area contributed by atoms with Crippen molar-refractivity contribution in [2.75, 3.05) is 7.11 Å². The van der Waals surface area contributed by atoms with Crippen LogP contribution in [-0.2, 0) is 17.9 Å². The summed E-state index contributed by atoms with van der Waals surface area (Å²) in [6, 6.07) is 18.2. The fraction of sp³-hybridized carbons (Fsp3) is 0.130. The minimum absolute atomic E-state index is 0.00975. The molecule has 0 aliphatic rings. The lowest BCUT2D eigenvalue weighted by atomic mass is 10.1. The third kappa shape index (κ3) is 4.53. The van der Waals surface area contributed by atoms with Crippen LogP contribution in [0.5, 0.6) is 5.75 Å². The molecule has 8 heteroatoms. The van der Waals surface area contributed by atoms with Crippen LogP contribution in [0.25, 0.3) is 11.0 Å². The predicted octanol–water partition coefficient (Wildman–Crippen LogP) is 2.76. The van der Waals surface area contributed by atoms with Gasteiger partial charge in [-0.3, -0.25) is 4.79 Å². The van der Waals surface area contributed by atoms with E-state index < -0.39 is 11.6 Å². The first-order valence-electron chi connectivity index (χ1n) is 9.43. The average molecular weight is 418 g/mol. The SMILES string of the molecule is COc1ccc2c(COC(=O)c3ccc(=O)n(Cc4ccccc4)n3)cc(=O)oc2c1. The number of ether oxygens (including phenoxy) is 2. The lowest BCUT2D eigenvalue weighted by molar-refractivity contribution is 0.0463. The molecule has 2 heterocycles. The molecule has 0 fully saturated rings. The smallest absolute Gasteiger partial charge is 0.359 e. The molecule has 0 unspecified atom stereocenters. The topological polar surface area (TPSA) is 101 Å². The Morgan fingerprint density at radius 2 is 1.84 bits per heavy atom. The maximum absolute atomic E-state index is 12.5. The van der Waals surface area contributed by atoms with Crippen LogP contribution in [0, 0.1) is 0 Å². The zero-order chi connectivity index (χ0) is 21.8. The van der Waals surface area contributed by atoms with Crippen molar-refractivity contribution in [1.29, 1.82) is 0 Å². The van der Waals surface area contributed by atoms with E-state index in [0.29, 0.717) is 22.3 Å². The molecule has 8 nitrogen and oxygen atoms in total. The second-order valence-corrected chi connectivity index (χ2v) is 6.73. The molecular formula is C23H18N2O6. The molecule has 0 atom stereocenters. The number of methoxy groups -OCH3 is 1. The van der Waals surface area contributed by atoms with Gasteiger partial charge in [0, 0.05) is 29.1 Å². The molecule has 0 saturated heterocycles. The van der Waals surface area contributed by atoms with Gasteiger partial charge in [0.15, 0.2) is 5.69 Å². The highest BCUT2D eigenvalue weighted by molar-refractivity contribution is 5.87. The van der Waals surface area contributed by atoms with Gasteiger partial charge in [-0.05, 0) is 23.8 Å². The zero-order valence-corrected chi connectivity index (χ0v) is 16.6. The van der Waals surface area contributed by atoms with E-state index in [-0.39, 0.29) is 24.4 Å². The Labute approximate surface area is 176 Å². The fourth-order valence-corrected chi connectivity index (χ4v) is 3.10. The molecule has 2 aromatic heterocycles. The number of carbonyl (C=O) groups is 1. The summed E-state index contributed by atoms with van der Waals surface area (Å²) >= 11 is 0. The molecule has 0 radical (unpaired) electrons. The number of fused-ring (bicyclic) bond motifs is 1. The molecule has 0 aliphatic carbocycles. The minimum atomic E-state index is -0.711. The second-order valence-electron chi connectivity index (χ2n) is 6.73. The molecule has 4 rings (SSSR count). The molecule has 2 aromatic carbocycles. The quantitative estimate of drug-likeness (QED) is 0.351. The normalized spacial score (nSPS) is 10.7. The Morgan fingerprint density at radius 3 is 2.61 bits per heavy atom. The van der Waals surface area contributed by atoms with E-state index in [1.807, 2.05) is 30.3 Å². The molecule has 0 aliphatic heterocycles. The molecule has 31 heavy (non-hydrogen) atoms. The summed E-state index contributed by atoms with van der Waals surface area (Å²) in [4.78, 5) is 36.5. The van der Waals surface area contributed by atoms with Gasteiger partial charge in [-0.1, -0.05) is 30.3 Å². The summed E-state index contributed by atoms with van der Waals surface area (Å²) in [5.41, 5.74) is 0.777. The van der Waals surface area contributed by atoms with Crippen molar-refractivity contribution in [2.45, 2.75) is 13.2 Å². The number of hydrogen-bond acceptors (Lipinski definition) is 7. The van der Waals surface area contributed by atoms with Crippen LogP contribution in [0.1, 0.15) is 21.6 Å². The summed E-state index contributed by atoms with van der Waals surface area (Å²) in [5, 5.41) is 4.74. The monoisotopic (exact) mass is 418 g/mol. The lowest BCUT2D eigenvalue weighted by Gasteiger charge is -2.09. The van der Waals surface area contributed by atoms with Gasteiger partial charge in [0.25, 0.3) is 5.56 Å². The van der Waals surface area contributed by atoms with Gasteiger partial charge >= 0.3 is 11.6 Å². The molecule has 0 spiro atoms. The highest BCUT2D eigenvalue weighted by atomic mass is 16.5. The van der Waals surface area contributed by atoms with Crippen molar-refractivity contribution in [2.24, 2.45) is 0 Å². The first-order chi connectivity index (χ1) is 15.0. The Balaban J connectivity index is 1.55. The van der Waals surface area contributed by atoms with Crippen molar-refractivity contribution in [3.8, 4) is 5.75 Å². The largest absolute Gasteiger partial charge is 0.497 e. The van der Waals surface area contributed by atoms with Crippen molar-refractivity contribution < 1.29 is 18.7 Å². The number of esters is 1. The molecule has 0 amide bonds. The van der Waals surface area contributed by atoms with Crippen LogP contribution in [0.2, 0.25) is 0 Å². The summed E-state index contributed by atoms with van der Waals surface area (Å²) in [6.07, 6.45) is 0. The van der Waals surface area contributed by atoms with Crippen LogP contribution >= 0.6 is 0 Å². The van der Waals surface area contributed by atoms with E-state index in [0.717, 1.165) is 5.56 Å². The molecule has 156 valence electrons. The van der Waals surface area contributed by atoms with E-state index in [4.69, 9.17) is 13.9 Å². The number of nitrogens with zero attached hydrogens (tertiary/aromatic N) is 2. The third-order valence-corrected chi connectivity index (χ3v) is 4.65. The van der Waals surface area contributed by atoms with Crippen LogP contribution in [0.15, 0.2) is 80.7 Å².